The summed E-state index contributed by atoms with van der Waals surface area (Å²) in [6.07, 6.45) is 6.33. The van der Waals surface area contributed by atoms with Crippen LogP contribution in [0.4, 0.5) is 0 Å². The molecular weight excluding hydrogens is 308 g/mol. The zero-order valence-corrected chi connectivity index (χ0v) is 14.3. The molecule has 1 aromatic rings. The lowest BCUT2D eigenvalue weighted by Crippen LogP contribution is -2.34. The van der Waals surface area contributed by atoms with E-state index >= 15 is 0 Å². The number of ether oxygens (including phenoxy) is 1. The van der Waals surface area contributed by atoms with Crippen molar-refractivity contribution in [3.05, 3.63) is 35.5 Å². The summed E-state index contributed by atoms with van der Waals surface area (Å²) in [4.78, 5) is 18.6. The van der Waals surface area contributed by atoms with Gasteiger partial charge in [0.1, 0.15) is 11.4 Å². The van der Waals surface area contributed by atoms with Gasteiger partial charge in [0.05, 0.1) is 6.61 Å². The predicted octanol–water partition coefficient (Wildman–Crippen LogP) is 3.93. The number of carbonyl (C=O) groups is 1. The summed E-state index contributed by atoms with van der Waals surface area (Å²) in [6, 6.07) is 7.85. The number of carbonyl (C=O) groups excluding carboxylic acids is 1. The number of hydrogen-bond acceptors (Lipinski definition) is 4. The van der Waals surface area contributed by atoms with E-state index in [2.05, 4.69) is 11.9 Å². The fraction of sp³-hybridized carbons (Fsp3) is 0.444. The van der Waals surface area contributed by atoms with Crippen LogP contribution < -0.4 is 4.74 Å². The van der Waals surface area contributed by atoms with Crippen molar-refractivity contribution >= 4 is 28.9 Å². The summed E-state index contributed by atoms with van der Waals surface area (Å²) in [6.45, 7) is 3.70. The highest BCUT2D eigenvalue weighted by molar-refractivity contribution is 8.13. The van der Waals surface area contributed by atoms with Crippen LogP contribution in [0.2, 0.25) is 0 Å². The lowest BCUT2D eigenvalue weighted by Gasteiger charge is -2.21. The number of amides is 1. The van der Waals surface area contributed by atoms with Crippen LogP contribution in [0.5, 0.6) is 5.75 Å². The Bertz CT molecular complexity index is 640. The zero-order valence-electron chi connectivity index (χ0n) is 13.5. The van der Waals surface area contributed by atoms with Crippen LogP contribution in [0.25, 0.3) is 6.08 Å². The molecule has 0 spiro atoms. The number of aliphatic imine (C=N–C) groups is 1. The number of unbranched alkanes of at least 4 members (excludes halogenated alkanes) is 2. The SMILES string of the molecule is CCCCCOc1cccc(/C=C2\N=C3SCCCN3C2=O)c1. The number of nitrogens with zero attached hydrogens (tertiary/aromatic N) is 2. The third kappa shape index (κ3) is 3.96. The van der Waals surface area contributed by atoms with Gasteiger partial charge in [0.25, 0.3) is 5.91 Å². The van der Waals surface area contributed by atoms with E-state index in [-0.39, 0.29) is 5.91 Å². The molecule has 1 aromatic carbocycles. The molecule has 0 atom stereocenters. The molecule has 0 unspecified atom stereocenters. The van der Waals surface area contributed by atoms with Crippen LogP contribution >= 0.6 is 11.8 Å². The van der Waals surface area contributed by atoms with Gasteiger partial charge in [-0.15, -0.1) is 0 Å². The van der Waals surface area contributed by atoms with Crippen molar-refractivity contribution in [2.75, 3.05) is 18.9 Å². The van der Waals surface area contributed by atoms with Crippen molar-refractivity contribution in [3.8, 4) is 5.75 Å². The second-order valence-corrected chi connectivity index (χ2v) is 6.77. The normalized spacial score (nSPS) is 19.0. The minimum atomic E-state index is 0.0152. The van der Waals surface area contributed by atoms with Crippen molar-refractivity contribution in [1.29, 1.82) is 0 Å². The molecule has 1 saturated heterocycles. The van der Waals surface area contributed by atoms with Gasteiger partial charge in [-0.1, -0.05) is 43.7 Å². The minimum absolute atomic E-state index is 0.0152. The van der Waals surface area contributed by atoms with E-state index in [0.29, 0.717) is 5.70 Å². The molecule has 0 aromatic heterocycles. The van der Waals surface area contributed by atoms with Crippen molar-refractivity contribution in [1.82, 2.24) is 4.90 Å². The number of amidine groups is 1. The Morgan fingerprint density at radius 1 is 1.39 bits per heavy atom. The monoisotopic (exact) mass is 330 g/mol. The average Bonchev–Trinajstić information content (AvgIpc) is 2.89. The maximum absolute atomic E-state index is 12.4. The molecule has 5 heteroatoms. The molecule has 0 N–H and O–H groups in total. The van der Waals surface area contributed by atoms with Gasteiger partial charge in [-0.3, -0.25) is 9.69 Å². The Morgan fingerprint density at radius 2 is 2.30 bits per heavy atom. The van der Waals surface area contributed by atoms with Crippen molar-refractivity contribution in [2.24, 2.45) is 4.99 Å². The van der Waals surface area contributed by atoms with Gasteiger partial charge in [0.15, 0.2) is 5.17 Å². The van der Waals surface area contributed by atoms with Gasteiger partial charge in [-0.05, 0) is 36.6 Å². The maximum Gasteiger partial charge on any atom is 0.278 e. The van der Waals surface area contributed by atoms with E-state index < -0.39 is 0 Å². The second-order valence-electron chi connectivity index (χ2n) is 5.71. The number of thioether (sulfide) groups is 1. The molecule has 122 valence electrons. The van der Waals surface area contributed by atoms with Crippen LogP contribution in [0.15, 0.2) is 35.0 Å². The quantitative estimate of drug-likeness (QED) is 0.586. The fourth-order valence-corrected chi connectivity index (χ4v) is 3.57. The average molecular weight is 330 g/mol. The summed E-state index contributed by atoms with van der Waals surface area (Å²) in [7, 11) is 0. The third-order valence-electron chi connectivity index (χ3n) is 3.85. The van der Waals surface area contributed by atoms with Crippen LogP contribution in [0, 0.1) is 0 Å². The highest BCUT2D eigenvalue weighted by Gasteiger charge is 2.32. The van der Waals surface area contributed by atoms with E-state index in [9.17, 15) is 4.79 Å². The van der Waals surface area contributed by atoms with Crippen molar-refractivity contribution < 1.29 is 9.53 Å². The Labute approximate surface area is 141 Å². The Balaban J connectivity index is 1.70. The van der Waals surface area contributed by atoms with E-state index in [0.717, 1.165) is 48.2 Å². The third-order valence-corrected chi connectivity index (χ3v) is 4.91. The van der Waals surface area contributed by atoms with Gasteiger partial charge in [-0.2, -0.15) is 0 Å². The Hall–Kier alpha value is -1.75. The molecule has 23 heavy (non-hydrogen) atoms. The Kier molecular flexibility index (Phi) is 5.39. The first-order valence-corrected chi connectivity index (χ1v) is 9.24. The lowest BCUT2D eigenvalue weighted by molar-refractivity contribution is -0.122. The molecule has 0 aliphatic carbocycles. The molecule has 1 amide bonds. The summed E-state index contributed by atoms with van der Waals surface area (Å²) in [5.74, 6) is 1.90. The highest BCUT2D eigenvalue weighted by Crippen LogP contribution is 2.28. The molecule has 1 fully saturated rings. The first-order valence-electron chi connectivity index (χ1n) is 8.26. The van der Waals surface area contributed by atoms with Crippen LogP contribution in [0.3, 0.4) is 0 Å². The maximum atomic E-state index is 12.4. The smallest absolute Gasteiger partial charge is 0.278 e. The van der Waals surface area contributed by atoms with E-state index in [4.69, 9.17) is 4.74 Å². The largest absolute Gasteiger partial charge is 0.494 e. The summed E-state index contributed by atoms with van der Waals surface area (Å²) < 4.78 is 5.77. The predicted molar refractivity (Wildman–Crippen MR) is 95.7 cm³/mol. The van der Waals surface area contributed by atoms with E-state index in [1.54, 1.807) is 16.7 Å². The second kappa shape index (κ2) is 7.68. The number of rotatable bonds is 6. The molecule has 4 nitrogen and oxygen atoms in total. The standard InChI is InChI=1S/C18H22N2O2S/c1-2-3-4-10-22-15-8-5-7-14(12-15)13-16-17(21)20-9-6-11-23-18(20)19-16/h5,7-8,12-13H,2-4,6,9-11H2,1H3/b16-13-. The van der Waals surface area contributed by atoms with Gasteiger partial charge >= 0.3 is 0 Å². The molecule has 2 heterocycles. The lowest BCUT2D eigenvalue weighted by atomic mass is 10.2. The molecule has 2 aliphatic rings. The minimum Gasteiger partial charge on any atom is -0.494 e. The first-order chi connectivity index (χ1) is 11.3. The number of hydrogen-bond donors (Lipinski definition) is 0. The van der Waals surface area contributed by atoms with Gasteiger partial charge in [0.2, 0.25) is 0 Å². The molecule has 0 saturated carbocycles. The molecule has 0 radical (unpaired) electrons. The van der Waals surface area contributed by atoms with Crippen molar-refractivity contribution in [3.63, 3.8) is 0 Å². The van der Waals surface area contributed by atoms with E-state index in [1.807, 2.05) is 30.3 Å². The van der Waals surface area contributed by atoms with Crippen LogP contribution in [-0.4, -0.2) is 34.9 Å². The highest BCUT2D eigenvalue weighted by atomic mass is 32.2. The first kappa shape index (κ1) is 16.1. The number of benzene rings is 1. The summed E-state index contributed by atoms with van der Waals surface area (Å²) in [5, 5.41) is 0.847. The molecule has 3 rings (SSSR count). The summed E-state index contributed by atoms with van der Waals surface area (Å²) in [5.41, 5.74) is 1.48. The number of fused-ring (bicyclic) bond motifs is 1. The molecular formula is C18H22N2O2S. The zero-order chi connectivity index (χ0) is 16.1. The fourth-order valence-electron chi connectivity index (χ4n) is 2.62. The van der Waals surface area contributed by atoms with Crippen molar-refractivity contribution in [2.45, 2.75) is 32.6 Å². The Morgan fingerprint density at radius 3 is 3.13 bits per heavy atom. The molecule has 2 aliphatic heterocycles. The van der Waals surface area contributed by atoms with Crippen LogP contribution in [-0.2, 0) is 4.79 Å². The summed E-state index contributed by atoms with van der Waals surface area (Å²) >= 11 is 1.66. The van der Waals surface area contributed by atoms with Gasteiger partial charge in [-0.25, -0.2) is 4.99 Å². The van der Waals surface area contributed by atoms with Gasteiger partial charge in [0, 0.05) is 12.3 Å². The van der Waals surface area contributed by atoms with Crippen LogP contribution in [0.1, 0.15) is 38.2 Å². The molecule has 0 bridgehead atoms. The van der Waals surface area contributed by atoms with Gasteiger partial charge < -0.3 is 4.74 Å². The topological polar surface area (TPSA) is 41.9 Å². The van der Waals surface area contributed by atoms with E-state index in [1.165, 1.54) is 12.8 Å².